The van der Waals surface area contributed by atoms with E-state index in [4.69, 9.17) is 16.7 Å². The normalized spacial score (nSPS) is 13.9. The first-order valence-corrected chi connectivity index (χ1v) is 7.21. The molecule has 1 aromatic carbocycles. The fourth-order valence-electron chi connectivity index (χ4n) is 2.43. The number of nitrogens with one attached hydrogen (secondary N) is 1. The van der Waals surface area contributed by atoms with Gasteiger partial charge in [0.1, 0.15) is 0 Å². The minimum Gasteiger partial charge on any atom is -0.478 e. The molecule has 22 heavy (non-hydrogen) atoms. The number of hydrogen-bond acceptors (Lipinski definition) is 3. The number of carboxylic acid groups (broad SMARTS) is 1. The number of anilines is 1. The monoisotopic (exact) mass is 319 g/mol. The molecule has 0 radical (unpaired) electrons. The summed E-state index contributed by atoms with van der Waals surface area (Å²) in [5.74, 6) is -0.980. The maximum Gasteiger partial charge on any atom is 0.337 e. The first kappa shape index (κ1) is 14.6. The van der Waals surface area contributed by atoms with Gasteiger partial charge >= 0.3 is 5.97 Å². The fourth-order valence-corrected chi connectivity index (χ4v) is 2.69. The predicted octanol–water partition coefficient (Wildman–Crippen LogP) is 2.90. The molecule has 1 aliphatic rings. The zero-order chi connectivity index (χ0) is 15.9. The van der Waals surface area contributed by atoms with Crippen LogP contribution in [0.25, 0.3) is 0 Å². The van der Waals surface area contributed by atoms with Crippen LogP contribution in [-0.4, -0.2) is 26.8 Å². The van der Waals surface area contributed by atoms with E-state index in [9.17, 15) is 9.59 Å². The number of halogens is 1. The van der Waals surface area contributed by atoms with Crippen LogP contribution in [0.15, 0.2) is 24.4 Å². The van der Waals surface area contributed by atoms with Gasteiger partial charge in [-0.05, 0) is 31.0 Å². The molecule has 3 rings (SSSR count). The Bertz CT molecular complexity index is 765. The third kappa shape index (κ3) is 2.69. The predicted molar refractivity (Wildman–Crippen MR) is 81.5 cm³/mol. The molecule has 2 aromatic rings. The second kappa shape index (κ2) is 5.46. The van der Waals surface area contributed by atoms with Crippen molar-refractivity contribution in [3.05, 3.63) is 46.2 Å². The topological polar surface area (TPSA) is 84.2 Å². The van der Waals surface area contributed by atoms with E-state index >= 15 is 0 Å². The van der Waals surface area contributed by atoms with Gasteiger partial charge in [0.2, 0.25) is 0 Å². The van der Waals surface area contributed by atoms with Gasteiger partial charge in [-0.25, -0.2) is 4.79 Å². The summed E-state index contributed by atoms with van der Waals surface area (Å²) in [4.78, 5) is 23.3. The molecule has 1 amide bonds. The van der Waals surface area contributed by atoms with E-state index in [2.05, 4.69) is 10.4 Å². The number of aromatic nitrogens is 2. The molecule has 0 saturated heterocycles. The summed E-state index contributed by atoms with van der Waals surface area (Å²) in [7, 11) is 1.82. The van der Waals surface area contributed by atoms with Crippen LogP contribution in [0.4, 0.5) is 5.69 Å². The van der Waals surface area contributed by atoms with Crippen molar-refractivity contribution in [2.45, 2.75) is 18.8 Å². The SMILES string of the molecule is Cn1ncc(C(=O)Nc2ccc(C(=O)O)c(Cl)c2)c1C1CC1. The first-order valence-electron chi connectivity index (χ1n) is 6.83. The third-order valence-corrected chi connectivity index (χ3v) is 3.96. The Morgan fingerprint density at radius 3 is 2.68 bits per heavy atom. The molecule has 0 aliphatic heterocycles. The lowest BCUT2D eigenvalue weighted by Gasteiger charge is -2.08. The number of aryl methyl sites for hydroxylation is 1. The number of benzene rings is 1. The molecular formula is C15H14ClN3O3. The van der Waals surface area contributed by atoms with Crippen molar-refractivity contribution in [1.29, 1.82) is 0 Å². The van der Waals surface area contributed by atoms with Crippen LogP contribution >= 0.6 is 11.6 Å². The lowest BCUT2D eigenvalue weighted by molar-refractivity contribution is 0.0697. The van der Waals surface area contributed by atoms with Crippen molar-refractivity contribution in [3.8, 4) is 0 Å². The van der Waals surface area contributed by atoms with Crippen LogP contribution in [0.1, 0.15) is 45.2 Å². The lowest BCUT2D eigenvalue weighted by atomic mass is 10.1. The number of amides is 1. The Balaban J connectivity index is 1.83. The number of aromatic carboxylic acids is 1. The van der Waals surface area contributed by atoms with Gasteiger partial charge in [0.25, 0.3) is 5.91 Å². The van der Waals surface area contributed by atoms with E-state index in [0.717, 1.165) is 18.5 Å². The van der Waals surface area contributed by atoms with E-state index in [1.165, 1.54) is 18.2 Å². The van der Waals surface area contributed by atoms with Gasteiger partial charge in [0.05, 0.1) is 28.0 Å². The maximum absolute atomic E-state index is 12.4. The Kier molecular flexibility index (Phi) is 3.62. The summed E-state index contributed by atoms with van der Waals surface area (Å²) in [6.07, 6.45) is 3.69. The van der Waals surface area contributed by atoms with Gasteiger partial charge in [-0.1, -0.05) is 11.6 Å². The smallest absolute Gasteiger partial charge is 0.337 e. The third-order valence-electron chi connectivity index (χ3n) is 3.65. The summed E-state index contributed by atoms with van der Waals surface area (Å²) in [5, 5.41) is 15.9. The molecule has 6 nitrogen and oxygen atoms in total. The number of hydrogen-bond donors (Lipinski definition) is 2. The molecule has 0 bridgehead atoms. The summed E-state index contributed by atoms with van der Waals surface area (Å²) in [6, 6.07) is 4.31. The molecule has 1 heterocycles. The van der Waals surface area contributed by atoms with Crippen LogP contribution in [0.5, 0.6) is 0 Å². The average molecular weight is 320 g/mol. The van der Waals surface area contributed by atoms with E-state index in [-0.39, 0.29) is 16.5 Å². The standard InChI is InChI=1S/C15H14ClN3O3/c1-19-13(8-2-3-8)11(7-17-19)14(20)18-9-4-5-10(15(21)22)12(16)6-9/h4-8H,2-3H2,1H3,(H,18,20)(H,21,22). The van der Waals surface area contributed by atoms with Gasteiger partial charge in [-0.15, -0.1) is 0 Å². The number of carbonyl (C=O) groups excluding carboxylic acids is 1. The van der Waals surface area contributed by atoms with Crippen molar-refractivity contribution >= 4 is 29.2 Å². The van der Waals surface area contributed by atoms with Gasteiger partial charge in [-0.3, -0.25) is 9.48 Å². The molecule has 0 unspecified atom stereocenters. The highest BCUT2D eigenvalue weighted by atomic mass is 35.5. The van der Waals surface area contributed by atoms with Gasteiger partial charge in [0.15, 0.2) is 0 Å². The number of carboxylic acids is 1. The highest BCUT2D eigenvalue weighted by molar-refractivity contribution is 6.33. The van der Waals surface area contributed by atoms with E-state index in [1.807, 2.05) is 7.05 Å². The molecule has 1 aromatic heterocycles. The van der Waals surface area contributed by atoms with Gasteiger partial charge in [-0.2, -0.15) is 5.10 Å². The summed E-state index contributed by atoms with van der Waals surface area (Å²) in [5.41, 5.74) is 1.93. The largest absolute Gasteiger partial charge is 0.478 e. The van der Waals surface area contributed by atoms with E-state index in [1.54, 1.807) is 10.9 Å². The van der Waals surface area contributed by atoms with Crippen molar-refractivity contribution in [2.24, 2.45) is 7.05 Å². The molecule has 114 valence electrons. The molecule has 0 spiro atoms. The van der Waals surface area contributed by atoms with Crippen molar-refractivity contribution < 1.29 is 14.7 Å². The van der Waals surface area contributed by atoms with Gasteiger partial charge in [0, 0.05) is 18.7 Å². The number of nitrogens with zero attached hydrogens (tertiary/aromatic N) is 2. The van der Waals surface area contributed by atoms with Crippen LogP contribution in [0, 0.1) is 0 Å². The first-order chi connectivity index (χ1) is 10.5. The average Bonchev–Trinajstić information content (AvgIpc) is 3.21. The molecular weight excluding hydrogens is 306 g/mol. The number of carbonyl (C=O) groups is 2. The van der Waals surface area contributed by atoms with E-state index in [0.29, 0.717) is 17.2 Å². The quantitative estimate of drug-likeness (QED) is 0.907. The second-order valence-electron chi connectivity index (χ2n) is 5.30. The number of rotatable bonds is 4. The lowest BCUT2D eigenvalue weighted by Crippen LogP contribution is -2.14. The molecule has 0 atom stereocenters. The maximum atomic E-state index is 12.4. The van der Waals surface area contributed by atoms with Crippen molar-refractivity contribution in [1.82, 2.24) is 9.78 Å². The minimum atomic E-state index is -1.11. The highest BCUT2D eigenvalue weighted by Gasteiger charge is 2.31. The Hall–Kier alpha value is -2.34. The van der Waals surface area contributed by atoms with Crippen LogP contribution in [-0.2, 0) is 7.05 Å². The summed E-state index contributed by atoms with van der Waals surface area (Å²) >= 11 is 5.90. The van der Waals surface area contributed by atoms with Crippen LogP contribution in [0.3, 0.4) is 0 Å². The molecule has 7 heteroatoms. The van der Waals surface area contributed by atoms with Crippen molar-refractivity contribution in [2.75, 3.05) is 5.32 Å². The molecule has 1 fully saturated rings. The summed E-state index contributed by atoms with van der Waals surface area (Å²) in [6.45, 7) is 0. The highest BCUT2D eigenvalue weighted by Crippen LogP contribution is 2.41. The Morgan fingerprint density at radius 1 is 1.36 bits per heavy atom. The molecule has 2 N–H and O–H groups in total. The van der Waals surface area contributed by atoms with Crippen LogP contribution < -0.4 is 5.32 Å². The van der Waals surface area contributed by atoms with Gasteiger partial charge < -0.3 is 10.4 Å². The summed E-state index contributed by atoms with van der Waals surface area (Å²) < 4.78 is 1.73. The Labute approximate surface area is 131 Å². The zero-order valence-corrected chi connectivity index (χ0v) is 12.6. The molecule has 1 saturated carbocycles. The minimum absolute atomic E-state index is 0.000266. The fraction of sp³-hybridized carbons (Fsp3) is 0.267. The van der Waals surface area contributed by atoms with Crippen molar-refractivity contribution in [3.63, 3.8) is 0 Å². The van der Waals surface area contributed by atoms with Crippen LogP contribution in [0.2, 0.25) is 5.02 Å². The second-order valence-corrected chi connectivity index (χ2v) is 5.70. The van der Waals surface area contributed by atoms with E-state index < -0.39 is 5.97 Å². The Morgan fingerprint density at radius 2 is 2.09 bits per heavy atom. The zero-order valence-electron chi connectivity index (χ0n) is 11.8. The molecule has 1 aliphatic carbocycles.